The van der Waals surface area contributed by atoms with Crippen molar-refractivity contribution in [3.05, 3.63) is 40.6 Å². The van der Waals surface area contributed by atoms with Crippen molar-refractivity contribution in [2.24, 2.45) is 5.92 Å². The van der Waals surface area contributed by atoms with E-state index in [0.717, 1.165) is 0 Å². The molecule has 0 spiro atoms. The van der Waals surface area contributed by atoms with Crippen LogP contribution in [-0.4, -0.2) is 16.5 Å². The molecule has 0 saturated carbocycles. The Balaban J connectivity index is 2.50. The van der Waals surface area contributed by atoms with Crippen LogP contribution in [-0.2, 0) is 0 Å². The van der Waals surface area contributed by atoms with Crippen LogP contribution in [0, 0.1) is 16.0 Å². The van der Waals surface area contributed by atoms with Crippen LogP contribution < -0.4 is 4.74 Å². The number of rotatable bonds is 4. The minimum atomic E-state index is -0.407. The van der Waals surface area contributed by atoms with Gasteiger partial charge in [0.15, 0.2) is 0 Å². The van der Waals surface area contributed by atoms with E-state index in [1.54, 1.807) is 24.4 Å². The number of nitrogens with zero attached hydrogens (tertiary/aromatic N) is 2. The summed E-state index contributed by atoms with van der Waals surface area (Å²) in [6, 6.07) is 6.43. The number of benzene rings is 1. The van der Waals surface area contributed by atoms with Crippen LogP contribution in [0.15, 0.2) is 30.5 Å². The maximum Gasteiger partial charge on any atom is 0.279 e. The molecule has 94 valence electrons. The average Bonchev–Trinajstić information content (AvgIpc) is 2.35. The van der Waals surface area contributed by atoms with E-state index in [0.29, 0.717) is 29.2 Å². The van der Waals surface area contributed by atoms with Crippen LogP contribution in [0.1, 0.15) is 13.8 Å². The molecule has 18 heavy (non-hydrogen) atoms. The third kappa shape index (κ3) is 2.40. The van der Waals surface area contributed by atoms with Gasteiger partial charge < -0.3 is 4.74 Å². The maximum absolute atomic E-state index is 10.9. The molecule has 0 amide bonds. The number of hydrogen-bond acceptors (Lipinski definition) is 4. The summed E-state index contributed by atoms with van der Waals surface area (Å²) in [4.78, 5) is 14.7. The molecule has 5 nitrogen and oxygen atoms in total. The van der Waals surface area contributed by atoms with E-state index in [9.17, 15) is 10.1 Å². The van der Waals surface area contributed by atoms with Crippen LogP contribution >= 0.6 is 0 Å². The fraction of sp³-hybridized carbons (Fsp3) is 0.308. The molecule has 0 aliphatic heterocycles. The SMILES string of the molecule is CC(C)COc1ccc([N+](=O)[O-])c2cccnc12. The van der Waals surface area contributed by atoms with Crippen molar-refractivity contribution in [1.29, 1.82) is 0 Å². The average molecular weight is 246 g/mol. The van der Waals surface area contributed by atoms with Gasteiger partial charge in [-0.15, -0.1) is 0 Å². The molecule has 2 rings (SSSR count). The Morgan fingerprint density at radius 3 is 2.83 bits per heavy atom. The summed E-state index contributed by atoms with van der Waals surface area (Å²) in [5.41, 5.74) is 0.586. The highest BCUT2D eigenvalue weighted by Gasteiger charge is 2.15. The van der Waals surface area contributed by atoms with Crippen molar-refractivity contribution in [2.75, 3.05) is 6.61 Å². The smallest absolute Gasteiger partial charge is 0.279 e. The maximum atomic E-state index is 10.9. The van der Waals surface area contributed by atoms with E-state index in [-0.39, 0.29) is 5.69 Å². The van der Waals surface area contributed by atoms with E-state index in [1.165, 1.54) is 6.07 Å². The van der Waals surface area contributed by atoms with Gasteiger partial charge in [0.25, 0.3) is 5.69 Å². The second-order valence-electron chi connectivity index (χ2n) is 4.44. The van der Waals surface area contributed by atoms with Gasteiger partial charge in [-0.05, 0) is 24.1 Å². The monoisotopic (exact) mass is 246 g/mol. The van der Waals surface area contributed by atoms with Crippen molar-refractivity contribution >= 4 is 16.6 Å². The van der Waals surface area contributed by atoms with E-state index >= 15 is 0 Å². The Hall–Kier alpha value is -2.17. The number of fused-ring (bicyclic) bond motifs is 1. The molecule has 0 radical (unpaired) electrons. The van der Waals surface area contributed by atoms with Crippen molar-refractivity contribution in [1.82, 2.24) is 4.98 Å². The quantitative estimate of drug-likeness (QED) is 0.613. The number of pyridine rings is 1. The predicted molar refractivity (Wildman–Crippen MR) is 68.7 cm³/mol. The van der Waals surface area contributed by atoms with Crippen LogP contribution in [0.4, 0.5) is 5.69 Å². The first-order valence-corrected chi connectivity index (χ1v) is 5.74. The lowest BCUT2D eigenvalue weighted by Gasteiger charge is -2.10. The molecule has 1 aromatic heterocycles. The van der Waals surface area contributed by atoms with E-state index in [4.69, 9.17) is 4.74 Å². The Morgan fingerprint density at radius 1 is 1.39 bits per heavy atom. The van der Waals surface area contributed by atoms with Gasteiger partial charge in [-0.3, -0.25) is 15.1 Å². The Kier molecular flexibility index (Phi) is 3.41. The third-order valence-electron chi connectivity index (χ3n) is 2.48. The van der Waals surface area contributed by atoms with Crippen LogP contribution in [0.5, 0.6) is 5.75 Å². The zero-order chi connectivity index (χ0) is 13.1. The molecule has 0 fully saturated rings. The van der Waals surface area contributed by atoms with Gasteiger partial charge in [0.2, 0.25) is 0 Å². The minimum absolute atomic E-state index is 0.0509. The van der Waals surface area contributed by atoms with Gasteiger partial charge in [-0.1, -0.05) is 13.8 Å². The predicted octanol–water partition coefficient (Wildman–Crippen LogP) is 3.18. The van der Waals surface area contributed by atoms with Crippen LogP contribution in [0.3, 0.4) is 0 Å². The van der Waals surface area contributed by atoms with Crippen molar-refractivity contribution in [3.8, 4) is 5.75 Å². The first kappa shape index (κ1) is 12.3. The third-order valence-corrected chi connectivity index (χ3v) is 2.48. The van der Waals surface area contributed by atoms with Gasteiger partial charge in [0.05, 0.1) is 16.9 Å². The van der Waals surface area contributed by atoms with Gasteiger partial charge in [-0.25, -0.2) is 0 Å². The molecule has 0 aliphatic carbocycles. The molecule has 0 bridgehead atoms. The lowest BCUT2D eigenvalue weighted by Crippen LogP contribution is -2.05. The number of hydrogen-bond donors (Lipinski definition) is 0. The summed E-state index contributed by atoms with van der Waals surface area (Å²) in [6.45, 7) is 4.64. The Bertz CT molecular complexity index is 581. The number of aromatic nitrogens is 1. The molecule has 1 aromatic carbocycles. The zero-order valence-corrected chi connectivity index (χ0v) is 10.3. The second-order valence-corrected chi connectivity index (χ2v) is 4.44. The molecule has 1 heterocycles. The highest BCUT2D eigenvalue weighted by Crippen LogP contribution is 2.31. The van der Waals surface area contributed by atoms with Crippen molar-refractivity contribution in [3.63, 3.8) is 0 Å². The highest BCUT2D eigenvalue weighted by molar-refractivity contribution is 5.92. The van der Waals surface area contributed by atoms with E-state index < -0.39 is 4.92 Å². The normalized spacial score (nSPS) is 10.8. The summed E-state index contributed by atoms with van der Waals surface area (Å²) in [5, 5.41) is 11.4. The number of nitro benzene ring substituents is 1. The molecule has 0 atom stereocenters. The number of non-ortho nitro benzene ring substituents is 1. The lowest BCUT2D eigenvalue weighted by atomic mass is 10.1. The topological polar surface area (TPSA) is 65.3 Å². The lowest BCUT2D eigenvalue weighted by molar-refractivity contribution is -0.383. The van der Waals surface area contributed by atoms with Gasteiger partial charge in [0.1, 0.15) is 11.3 Å². The molecular formula is C13H14N2O3. The Morgan fingerprint density at radius 2 is 2.17 bits per heavy atom. The van der Waals surface area contributed by atoms with Gasteiger partial charge >= 0.3 is 0 Å². The van der Waals surface area contributed by atoms with Crippen molar-refractivity contribution in [2.45, 2.75) is 13.8 Å². The first-order chi connectivity index (χ1) is 8.59. The number of nitro groups is 1. The summed E-state index contributed by atoms with van der Waals surface area (Å²) >= 11 is 0. The molecule has 0 N–H and O–H groups in total. The molecule has 0 unspecified atom stereocenters. The minimum Gasteiger partial charge on any atom is -0.491 e. The van der Waals surface area contributed by atoms with Crippen LogP contribution in [0.25, 0.3) is 10.9 Å². The highest BCUT2D eigenvalue weighted by atomic mass is 16.6. The largest absolute Gasteiger partial charge is 0.491 e. The Labute approximate surface area is 105 Å². The summed E-state index contributed by atoms with van der Waals surface area (Å²) in [6.07, 6.45) is 1.61. The summed E-state index contributed by atoms with van der Waals surface area (Å²) < 4.78 is 5.63. The molecule has 0 aliphatic rings. The van der Waals surface area contributed by atoms with Gasteiger partial charge in [-0.2, -0.15) is 0 Å². The molecule has 2 aromatic rings. The van der Waals surface area contributed by atoms with E-state index in [1.807, 2.05) is 13.8 Å². The summed E-state index contributed by atoms with van der Waals surface area (Å²) in [7, 11) is 0. The molecule has 0 saturated heterocycles. The van der Waals surface area contributed by atoms with Crippen molar-refractivity contribution < 1.29 is 9.66 Å². The zero-order valence-electron chi connectivity index (χ0n) is 10.3. The fourth-order valence-corrected chi connectivity index (χ4v) is 1.66. The standard InChI is InChI=1S/C13H14N2O3/c1-9(2)8-18-12-6-5-11(15(16)17)10-4-3-7-14-13(10)12/h3-7,9H,8H2,1-2H3. The van der Waals surface area contributed by atoms with Crippen LogP contribution in [0.2, 0.25) is 0 Å². The first-order valence-electron chi connectivity index (χ1n) is 5.74. The van der Waals surface area contributed by atoms with E-state index in [2.05, 4.69) is 4.98 Å². The number of ether oxygens (including phenoxy) is 1. The molecular weight excluding hydrogens is 232 g/mol. The van der Waals surface area contributed by atoms with Gasteiger partial charge in [0, 0.05) is 12.3 Å². The summed E-state index contributed by atoms with van der Waals surface area (Å²) in [5.74, 6) is 0.976. The fourth-order valence-electron chi connectivity index (χ4n) is 1.66. The molecule has 5 heteroatoms. The second kappa shape index (κ2) is 5.00.